The smallest absolute Gasteiger partial charge is 0.269 e. The van der Waals surface area contributed by atoms with E-state index in [4.69, 9.17) is 24.2 Å². The zero-order valence-electron chi connectivity index (χ0n) is 22.5. The fourth-order valence-electron chi connectivity index (χ4n) is 4.93. The van der Waals surface area contributed by atoms with Gasteiger partial charge in [0.05, 0.1) is 37.6 Å². The molecular weight excluding hydrogens is 510 g/mol. The van der Waals surface area contributed by atoms with Crippen molar-refractivity contribution in [1.29, 1.82) is 0 Å². The number of allylic oxidation sites excluding steroid dienone is 1. The topological polar surface area (TPSA) is 125 Å². The second kappa shape index (κ2) is 11.1. The molecule has 0 spiro atoms. The molecule has 2 amide bonds. The van der Waals surface area contributed by atoms with Gasteiger partial charge < -0.3 is 24.8 Å². The number of hydrogen-bond donors (Lipinski definition) is 2. The van der Waals surface area contributed by atoms with Gasteiger partial charge >= 0.3 is 0 Å². The molecule has 10 nitrogen and oxygen atoms in total. The Balaban J connectivity index is 1.28. The van der Waals surface area contributed by atoms with Crippen LogP contribution in [0.15, 0.2) is 42.6 Å². The summed E-state index contributed by atoms with van der Waals surface area (Å²) < 4.78 is 17.2. The number of benzene rings is 1. The SMILES string of the molecule is CNC(=O)c1ccc(C2=CCc3nc(Cc4ccc(C(=O)NC5COC5)cc4OC)nc(OC4CCC4)c32)cn1. The van der Waals surface area contributed by atoms with Crippen molar-refractivity contribution < 1.29 is 23.8 Å². The van der Waals surface area contributed by atoms with Gasteiger partial charge in [-0.25, -0.2) is 4.98 Å². The van der Waals surface area contributed by atoms with Gasteiger partial charge in [-0.2, -0.15) is 4.98 Å². The van der Waals surface area contributed by atoms with E-state index >= 15 is 0 Å². The fraction of sp³-hybridized carbons (Fsp3) is 0.367. The van der Waals surface area contributed by atoms with Crippen LogP contribution in [0.5, 0.6) is 11.6 Å². The number of methoxy groups -OCH3 is 1. The number of nitrogens with zero attached hydrogens (tertiary/aromatic N) is 3. The highest BCUT2D eigenvalue weighted by atomic mass is 16.5. The standard InChI is InChI=1S/C30H31N5O5/c1-31-29(37)24-10-8-19(14-32-24)22-9-11-23-27(22)30(40-21-4-3-5-21)35-26(34-23)13-17-6-7-18(12-25(17)38-2)28(36)33-20-15-39-16-20/h6-10,12,14,20-21H,3-5,11,13,15-16H2,1-2H3,(H,31,37)(H,33,36). The lowest BCUT2D eigenvalue weighted by atomic mass is 9.96. The number of nitrogens with one attached hydrogen (secondary N) is 2. The second-order valence-electron chi connectivity index (χ2n) is 10.2. The molecule has 206 valence electrons. The van der Waals surface area contributed by atoms with Crippen LogP contribution in [0.1, 0.15) is 68.3 Å². The normalized spacial score (nSPS) is 16.3. The van der Waals surface area contributed by atoms with Crippen LogP contribution in [0.25, 0.3) is 5.57 Å². The van der Waals surface area contributed by atoms with E-state index in [1.807, 2.05) is 12.1 Å². The highest BCUT2D eigenvalue weighted by Crippen LogP contribution is 2.39. The lowest BCUT2D eigenvalue weighted by Gasteiger charge is -2.27. The van der Waals surface area contributed by atoms with E-state index in [0.717, 1.165) is 47.2 Å². The zero-order chi connectivity index (χ0) is 27.6. The predicted octanol–water partition coefficient (Wildman–Crippen LogP) is 2.88. The minimum Gasteiger partial charge on any atom is -0.496 e. The zero-order valence-corrected chi connectivity index (χ0v) is 22.5. The Morgan fingerprint density at radius 1 is 1.10 bits per heavy atom. The van der Waals surface area contributed by atoms with Gasteiger partial charge in [-0.15, -0.1) is 0 Å². The molecule has 3 aliphatic rings. The molecule has 3 heterocycles. The second-order valence-corrected chi connectivity index (χ2v) is 10.2. The summed E-state index contributed by atoms with van der Waals surface area (Å²) in [4.78, 5) is 38.7. The lowest BCUT2D eigenvalue weighted by molar-refractivity contribution is -0.00346. The predicted molar refractivity (Wildman–Crippen MR) is 147 cm³/mol. The van der Waals surface area contributed by atoms with Gasteiger partial charge in [-0.05, 0) is 43.0 Å². The van der Waals surface area contributed by atoms with E-state index in [-0.39, 0.29) is 24.0 Å². The Labute approximate surface area is 232 Å². The number of rotatable bonds is 9. The molecule has 2 aromatic heterocycles. The van der Waals surface area contributed by atoms with Crippen LogP contribution in [-0.2, 0) is 17.6 Å². The average molecular weight is 542 g/mol. The summed E-state index contributed by atoms with van der Waals surface area (Å²) >= 11 is 0. The van der Waals surface area contributed by atoms with Crippen molar-refractivity contribution in [2.75, 3.05) is 27.4 Å². The minimum absolute atomic E-state index is 0.0510. The Morgan fingerprint density at radius 2 is 1.95 bits per heavy atom. The van der Waals surface area contributed by atoms with Crippen LogP contribution in [0, 0.1) is 0 Å². The van der Waals surface area contributed by atoms with E-state index in [0.29, 0.717) is 54.8 Å². The molecule has 1 saturated heterocycles. The van der Waals surface area contributed by atoms with Gasteiger partial charge in [0, 0.05) is 42.8 Å². The quantitative estimate of drug-likeness (QED) is 0.424. The van der Waals surface area contributed by atoms with Crippen LogP contribution in [-0.4, -0.2) is 66.3 Å². The maximum absolute atomic E-state index is 12.6. The molecule has 0 unspecified atom stereocenters. The largest absolute Gasteiger partial charge is 0.496 e. The van der Waals surface area contributed by atoms with Crippen molar-refractivity contribution in [3.8, 4) is 11.6 Å². The number of fused-ring (bicyclic) bond motifs is 1. The first kappa shape index (κ1) is 25.9. The molecule has 1 aromatic carbocycles. The van der Waals surface area contributed by atoms with Crippen LogP contribution < -0.4 is 20.1 Å². The summed E-state index contributed by atoms with van der Waals surface area (Å²) in [6.45, 7) is 1.08. The summed E-state index contributed by atoms with van der Waals surface area (Å²) in [5.74, 6) is 1.41. The molecule has 40 heavy (non-hydrogen) atoms. The van der Waals surface area contributed by atoms with Crippen molar-refractivity contribution >= 4 is 17.4 Å². The monoisotopic (exact) mass is 541 g/mol. The van der Waals surface area contributed by atoms with Crippen LogP contribution in [0.2, 0.25) is 0 Å². The molecule has 6 rings (SSSR count). The van der Waals surface area contributed by atoms with Crippen molar-refractivity contribution in [1.82, 2.24) is 25.6 Å². The minimum atomic E-state index is -0.230. The molecule has 0 atom stereocenters. The first-order valence-corrected chi connectivity index (χ1v) is 13.5. The van der Waals surface area contributed by atoms with E-state index in [1.165, 1.54) is 0 Å². The van der Waals surface area contributed by atoms with Gasteiger partial charge in [0.15, 0.2) is 0 Å². The summed E-state index contributed by atoms with van der Waals surface area (Å²) in [5.41, 5.74) is 5.37. The number of amides is 2. The van der Waals surface area contributed by atoms with Gasteiger partial charge in [-0.3, -0.25) is 14.6 Å². The Morgan fingerprint density at radius 3 is 2.60 bits per heavy atom. The number of aromatic nitrogens is 3. The number of pyridine rings is 1. The lowest BCUT2D eigenvalue weighted by Crippen LogP contribution is -2.48. The highest BCUT2D eigenvalue weighted by Gasteiger charge is 2.29. The Kier molecular flexibility index (Phi) is 7.17. The summed E-state index contributed by atoms with van der Waals surface area (Å²) in [7, 11) is 3.17. The Bertz CT molecular complexity index is 1480. The molecule has 3 aromatic rings. The van der Waals surface area contributed by atoms with E-state index < -0.39 is 0 Å². The molecular formula is C30H31N5O5. The molecule has 1 aliphatic heterocycles. The summed E-state index contributed by atoms with van der Waals surface area (Å²) in [6.07, 6.45) is 8.15. The third kappa shape index (κ3) is 5.14. The highest BCUT2D eigenvalue weighted by molar-refractivity contribution is 5.95. The van der Waals surface area contributed by atoms with Gasteiger partial charge in [0.25, 0.3) is 11.8 Å². The van der Waals surface area contributed by atoms with Crippen molar-refractivity contribution in [2.24, 2.45) is 0 Å². The van der Waals surface area contributed by atoms with E-state index in [2.05, 4.69) is 21.7 Å². The Hall–Kier alpha value is -4.31. The van der Waals surface area contributed by atoms with E-state index in [9.17, 15) is 9.59 Å². The number of ether oxygens (including phenoxy) is 3. The van der Waals surface area contributed by atoms with E-state index in [1.54, 1.807) is 38.6 Å². The first-order chi connectivity index (χ1) is 19.5. The van der Waals surface area contributed by atoms with Crippen LogP contribution >= 0.6 is 0 Å². The van der Waals surface area contributed by atoms with Crippen molar-refractivity contribution in [3.63, 3.8) is 0 Å². The summed E-state index contributed by atoms with van der Waals surface area (Å²) in [5, 5.41) is 5.55. The third-order valence-corrected chi connectivity index (χ3v) is 7.50. The first-order valence-electron chi connectivity index (χ1n) is 13.5. The molecule has 10 heteroatoms. The molecule has 0 radical (unpaired) electrons. The van der Waals surface area contributed by atoms with Crippen molar-refractivity contribution in [2.45, 2.75) is 44.2 Å². The molecule has 2 N–H and O–H groups in total. The summed E-state index contributed by atoms with van der Waals surface area (Å²) in [6, 6.07) is 9.08. The number of carbonyl (C=O) groups excluding carboxylic acids is 2. The molecule has 0 bridgehead atoms. The number of carbonyl (C=O) groups is 2. The number of hydrogen-bond acceptors (Lipinski definition) is 8. The van der Waals surface area contributed by atoms with Crippen LogP contribution in [0.3, 0.4) is 0 Å². The van der Waals surface area contributed by atoms with Gasteiger partial charge in [0.2, 0.25) is 5.88 Å². The maximum atomic E-state index is 12.6. The fourth-order valence-corrected chi connectivity index (χ4v) is 4.93. The molecule has 1 saturated carbocycles. The van der Waals surface area contributed by atoms with Crippen molar-refractivity contribution in [3.05, 3.63) is 82.1 Å². The third-order valence-electron chi connectivity index (χ3n) is 7.50. The van der Waals surface area contributed by atoms with Gasteiger partial charge in [-0.1, -0.05) is 18.2 Å². The average Bonchev–Trinajstić information content (AvgIpc) is 3.36. The molecule has 2 aliphatic carbocycles. The maximum Gasteiger partial charge on any atom is 0.269 e. The van der Waals surface area contributed by atoms with Gasteiger partial charge in [0.1, 0.15) is 23.4 Å². The van der Waals surface area contributed by atoms with Crippen LogP contribution in [0.4, 0.5) is 0 Å². The molecule has 2 fully saturated rings.